The monoisotopic (exact) mass is 104 g/mol. The van der Waals surface area contributed by atoms with Crippen molar-refractivity contribution < 1.29 is 44.6 Å². The Kier molecular flexibility index (Phi) is 8.97. The first-order valence-corrected chi connectivity index (χ1v) is 1.01. The Morgan fingerprint density at radius 1 is 1.67 bits per heavy atom. The van der Waals surface area contributed by atoms with E-state index < -0.39 is 12.7 Å². The predicted molar refractivity (Wildman–Crippen MR) is 13.2 cm³/mol. The summed E-state index contributed by atoms with van der Waals surface area (Å²) in [4.78, 5) is 8.75. The summed E-state index contributed by atoms with van der Waals surface area (Å²) in [6.45, 7) is 0. The van der Waals surface area contributed by atoms with Crippen molar-refractivity contribution in [2.75, 3.05) is 0 Å². The van der Waals surface area contributed by atoms with Gasteiger partial charge in [-0.3, -0.25) is 4.79 Å². The van der Waals surface area contributed by atoms with Gasteiger partial charge in [-0.1, -0.05) is 0 Å². The SMILES string of the molecule is O=CC(F)F.[H-].[Na+]. The van der Waals surface area contributed by atoms with E-state index in [2.05, 4.69) is 0 Å². The van der Waals surface area contributed by atoms with Crippen LogP contribution in [0.2, 0.25) is 0 Å². The molecule has 0 bridgehead atoms. The molecule has 0 spiro atoms. The van der Waals surface area contributed by atoms with Crippen molar-refractivity contribution in [3.05, 3.63) is 0 Å². The van der Waals surface area contributed by atoms with Crippen molar-refractivity contribution in [2.45, 2.75) is 6.43 Å². The Morgan fingerprint density at radius 3 is 1.83 bits per heavy atom. The van der Waals surface area contributed by atoms with Crippen molar-refractivity contribution in [1.29, 1.82) is 0 Å². The molecule has 0 aliphatic heterocycles. The number of carbonyl (C=O) groups is 1. The number of rotatable bonds is 1. The van der Waals surface area contributed by atoms with Crippen LogP contribution in [-0.2, 0) is 4.79 Å². The standard InChI is InChI=1S/C2H2F2O.Na.H/c3-2(4)1-5;;/h1-2H;;/q;+1;-1. The van der Waals surface area contributed by atoms with Crippen molar-refractivity contribution in [3.8, 4) is 0 Å². The second-order valence-corrected chi connectivity index (χ2v) is 0.471. The summed E-state index contributed by atoms with van der Waals surface area (Å²) in [5, 5.41) is 0. The molecule has 0 fully saturated rings. The molecule has 0 aromatic rings. The van der Waals surface area contributed by atoms with Crippen LogP contribution in [0.15, 0.2) is 0 Å². The first kappa shape index (κ1) is 9.73. The molecule has 1 nitrogen and oxygen atoms in total. The number of halogens is 2. The summed E-state index contributed by atoms with van der Waals surface area (Å²) >= 11 is 0. The van der Waals surface area contributed by atoms with E-state index in [1.165, 1.54) is 0 Å². The molecule has 0 radical (unpaired) electrons. The van der Waals surface area contributed by atoms with Crippen LogP contribution in [0.25, 0.3) is 0 Å². The van der Waals surface area contributed by atoms with Gasteiger partial charge in [-0.25, -0.2) is 8.78 Å². The number of carbonyl (C=O) groups excluding carboxylic acids is 1. The Balaban J connectivity index is -0.0000000800. The van der Waals surface area contributed by atoms with E-state index in [9.17, 15) is 8.78 Å². The van der Waals surface area contributed by atoms with E-state index in [1.54, 1.807) is 0 Å². The molecule has 0 N–H and O–H groups in total. The molecular formula is C2H3F2NaO. The fourth-order valence-electron chi connectivity index (χ4n) is 0. The predicted octanol–water partition coefficient (Wildman–Crippen LogP) is -2.43. The molecule has 0 unspecified atom stereocenters. The maximum Gasteiger partial charge on any atom is 1.00 e. The zero-order valence-corrected chi connectivity index (χ0v) is 5.32. The van der Waals surface area contributed by atoms with Gasteiger partial charge in [-0.05, 0) is 0 Å². The van der Waals surface area contributed by atoms with Gasteiger partial charge >= 0.3 is 29.6 Å². The van der Waals surface area contributed by atoms with Gasteiger partial charge in [0.2, 0.25) is 0 Å². The van der Waals surface area contributed by atoms with Crippen LogP contribution in [0.4, 0.5) is 8.78 Å². The summed E-state index contributed by atoms with van der Waals surface area (Å²) in [5.41, 5.74) is 0. The van der Waals surface area contributed by atoms with Gasteiger partial charge in [0, 0.05) is 0 Å². The van der Waals surface area contributed by atoms with Gasteiger partial charge in [0.15, 0.2) is 6.29 Å². The molecule has 0 saturated carbocycles. The number of hydrogen-bond acceptors (Lipinski definition) is 1. The summed E-state index contributed by atoms with van der Waals surface area (Å²) in [5.74, 6) is 0. The van der Waals surface area contributed by atoms with Gasteiger partial charge in [0.1, 0.15) is 0 Å². The number of alkyl halides is 2. The van der Waals surface area contributed by atoms with Crippen LogP contribution in [0.3, 0.4) is 0 Å². The van der Waals surface area contributed by atoms with E-state index in [-0.39, 0.29) is 31.0 Å². The summed E-state index contributed by atoms with van der Waals surface area (Å²) in [6, 6.07) is 0. The molecule has 0 aliphatic carbocycles. The Hall–Kier alpha value is 0.530. The van der Waals surface area contributed by atoms with Crippen molar-refractivity contribution in [3.63, 3.8) is 0 Å². The molecule has 0 aromatic carbocycles. The van der Waals surface area contributed by atoms with Crippen LogP contribution in [0, 0.1) is 0 Å². The zero-order valence-electron chi connectivity index (χ0n) is 4.32. The van der Waals surface area contributed by atoms with Gasteiger partial charge < -0.3 is 1.43 Å². The molecule has 0 rings (SSSR count). The maximum absolute atomic E-state index is 10.4. The van der Waals surface area contributed by atoms with Gasteiger partial charge in [0.05, 0.1) is 0 Å². The van der Waals surface area contributed by atoms with Crippen molar-refractivity contribution in [1.82, 2.24) is 0 Å². The maximum atomic E-state index is 10.4. The molecule has 0 atom stereocenters. The molecule has 4 heteroatoms. The molecule has 0 aliphatic rings. The summed E-state index contributed by atoms with van der Waals surface area (Å²) in [7, 11) is 0. The average molecular weight is 104 g/mol. The minimum absolute atomic E-state index is 0. The van der Waals surface area contributed by atoms with E-state index in [4.69, 9.17) is 4.79 Å². The number of aldehydes is 1. The fraction of sp³-hybridized carbons (Fsp3) is 0.500. The first-order valence-electron chi connectivity index (χ1n) is 1.01. The van der Waals surface area contributed by atoms with Crippen molar-refractivity contribution in [2.24, 2.45) is 0 Å². The fourth-order valence-corrected chi connectivity index (χ4v) is 0. The molecule has 0 heterocycles. The Labute approximate surface area is 57.5 Å². The van der Waals surface area contributed by atoms with E-state index in [0.717, 1.165) is 0 Å². The van der Waals surface area contributed by atoms with E-state index in [1.807, 2.05) is 0 Å². The van der Waals surface area contributed by atoms with Crippen LogP contribution in [-0.4, -0.2) is 12.7 Å². The van der Waals surface area contributed by atoms with Gasteiger partial charge in [0.25, 0.3) is 6.43 Å². The van der Waals surface area contributed by atoms with Crippen LogP contribution in [0.1, 0.15) is 1.43 Å². The van der Waals surface area contributed by atoms with E-state index >= 15 is 0 Å². The molecule has 0 aromatic heterocycles. The third-order valence-electron chi connectivity index (χ3n) is 0.103. The van der Waals surface area contributed by atoms with Gasteiger partial charge in [-0.2, -0.15) is 0 Å². The largest absolute Gasteiger partial charge is 1.00 e. The third kappa shape index (κ3) is 8.82. The minimum Gasteiger partial charge on any atom is -1.00 e. The quantitative estimate of drug-likeness (QED) is 0.267. The zero-order chi connectivity index (χ0) is 4.28. The molecule has 32 valence electrons. The normalized spacial score (nSPS) is 7.17. The molecule has 0 amide bonds. The topological polar surface area (TPSA) is 17.1 Å². The van der Waals surface area contributed by atoms with Crippen LogP contribution < -0.4 is 29.6 Å². The second-order valence-electron chi connectivity index (χ2n) is 0.471. The summed E-state index contributed by atoms with van der Waals surface area (Å²) in [6.07, 6.45) is -3.21. The summed E-state index contributed by atoms with van der Waals surface area (Å²) < 4.78 is 20.8. The molecule has 0 saturated heterocycles. The Morgan fingerprint density at radius 2 is 1.83 bits per heavy atom. The van der Waals surface area contributed by atoms with Gasteiger partial charge in [-0.15, -0.1) is 0 Å². The van der Waals surface area contributed by atoms with Crippen molar-refractivity contribution >= 4 is 6.29 Å². The molecule has 6 heavy (non-hydrogen) atoms. The van der Waals surface area contributed by atoms with Crippen LogP contribution in [0.5, 0.6) is 0 Å². The molecular weight excluding hydrogens is 101 g/mol. The second kappa shape index (κ2) is 5.53. The number of hydrogen-bond donors (Lipinski definition) is 0. The smallest absolute Gasteiger partial charge is 1.00 e. The Bertz CT molecular complexity index is 42.7. The van der Waals surface area contributed by atoms with E-state index in [0.29, 0.717) is 0 Å². The third-order valence-corrected chi connectivity index (χ3v) is 0.103. The minimum atomic E-state index is -2.80. The first-order chi connectivity index (χ1) is 2.27. The average Bonchev–Trinajstić information content (AvgIpc) is 1.38. The van der Waals surface area contributed by atoms with Crippen LogP contribution >= 0.6 is 0 Å².